The third kappa shape index (κ3) is 2.93. The van der Waals surface area contributed by atoms with Gasteiger partial charge in [-0.05, 0) is 30.3 Å². The minimum absolute atomic E-state index is 0.0996. The minimum Gasteiger partial charge on any atom is -0.397 e. The monoisotopic (exact) mass is 351 g/mol. The summed E-state index contributed by atoms with van der Waals surface area (Å²) >= 11 is 0. The summed E-state index contributed by atoms with van der Waals surface area (Å²) in [5, 5.41) is 14.5. The van der Waals surface area contributed by atoms with Gasteiger partial charge in [-0.2, -0.15) is 0 Å². The number of hydrogen-bond donors (Lipinski definition) is 1. The molecule has 0 aliphatic carbocycles. The lowest BCUT2D eigenvalue weighted by Gasteiger charge is -2.10. The van der Waals surface area contributed by atoms with Gasteiger partial charge in [-0.3, -0.25) is 15.1 Å². The van der Waals surface area contributed by atoms with Crippen molar-refractivity contribution in [1.29, 1.82) is 0 Å². The highest BCUT2D eigenvalue weighted by Gasteiger charge is 2.17. The van der Waals surface area contributed by atoms with Crippen molar-refractivity contribution >= 4 is 28.3 Å². The molecule has 1 aromatic carbocycles. The van der Waals surface area contributed by atoms with Crippen molar-refractivity contribution in [2.45, 2.75) is 0 Å². The van der Waals surface area contributed by atoms with Gasteiger partial charge in [0, 0.05) is 17.6 Å². The summed E-state index contributed by atoms with van der Waals surface area (Å²) < 4.78 is 18.8. The topological polar surface area (TPSA) is 107 Å². The van der Waals surface area contributed by atoms with Crippen LogP contribution < -0.4 is 5.32 Å². The van der Waals surface area contributed by atoms with E-state index < -0.39 is 16.6 Å². The molecule has 4 rings (SSSR count). The molecule has 0 aliphatic rings. The van der Waals surface area contributed by atoms with Gasteiger partial charge in [0.15, 0.2) is 11.6 Å². The average molecular weight is 351 g/mol. The number of hydrogen-bond acceptors (Lipinski definition) is 7. The molecule has 0 bridgehead atoms. The van der Waals surface area contributed by atoms with Crippen molar-refractivity contribution in [3.05, 3.63) is 70.8 Å². The molecule has 0 saturated heterocycles. The number of fused-ring (bicyclic) bond motifs is 1. The first-order valence-corrected chi connectivity index (χ1v) is 7.49. The fourth-order valence-corrected chi connectivity index (χ4v) is 2.43. The van der Waals surface area contributed by atoms with Crippen molar-refractivity contribution in [2.75, 3.05) is 5.32 Å². The SMILES string of the molecule is O=[N+]([O-])c1ccc(-c2nc(Nc3cccnc3)c3ccc(F)cc3n2)o1. The van der Waals surface area contributed by atoms with Crippen molar-refractivity contribution in [1.82, 2.24) is 15.0 Å². The predicted molar refractivity (Wildman–Crippen MR) is 91.4 cm³/mol. The molecular formula is C17H10FN5O3. The number of furan rings is 1. The molecule has 128 valence electrons. The second kappa shape index (κ2) is 6.20. The Bertz CT molecular complexity index is 1110. The van der Waals surface area contributed by atoms with Gasteiger partial charge in [0.1, 0.15) is 16.6 Å². The molecule has 8 nitrogen and oxygen atoms in total. The van der Waals surface area contributed by atoms with Crippen molar-refractivity contribution in [3.8, 4) is 11.6 Å². The number of anilines is 2. The lowest BCUT2D eigenvalue weighted by Crippen LogP contribution is -1.99. The van der Waals surface area contributed by atoms with Crippen LogP contribution in [0.2, 0.25) is 0 Å². The Hall–Kier alpha value is -3.88. The molecule has 9 heteroatoms. The number of nitrogens with zero attached hydrogens (tertiary/aromatic N) is 4. The van der Waals surface area contributed by atoms with Crippen molar-refractivity contribution in [3.63, 3.8) is 0 Å². The summed E-state index contributed by atoms with van der Waals surface area (Å²) in [6.07, 6.45) is 3.24. The van der Waals surface area contributed by atoms with E-state index in [0.29, 0.717) is 22.4 Å². The van der Waals surface area contributed by atoms with Crippen LogP contribution in [0, 0.1) is 15.9 Å². The van der Waals surface area contributed by atoms with Crippen LogP contribution in [0.5, 0.6) is 0 Å². The quantitative estimate of drug-likeness (QED) is 0.436. The van der Waals surface area contributed by atoms with E-state index in [1.165, 1.54) is 24.3 Å². The first kappa shape index (κ1) is 15.6. The molecule has 3 aromatic heterocycles. The maximum Gasteiger partial charge on any atom is 0.433 e. The molecular weight excluding hydrogens is 341 g/mol. The number of aromatic nitrogens is 3. The van der Waals surface area contributed by atoms with E-state index in [0.717, 1.165) is 0 Å². The van der Waals surface area contributed by atoms with Crippen LogP contribution in [0.1, 0.15) is 0 Å². The van der Waals surface area contributed by atoms with Crippen molar-refractivity contribution < 1.29 is 13.7 Å². The van der Waals surface area contributed by atoms with E-state index in [9.17, 15) is 14.5 Å². The van der Waals surface area contributed by atoms with Gasteiger partial charge in [0.25, 0.3) is 0 Å². The Kier molecular flexibility index (Phi) is 3.73. The molecule has 0 spiro atoms. The zero-order valence-corrected chi connectivity index (χ0v) is 13.1. The fraction of sp³-hybridized carbons (Fsp3) is 0. The molecule has 4 aromatic rings. The molecule has 0 radical (unpaired) electrons. The zero-order chi connectivity index (χ0) is 18.1. The molecule has 0 amide bonds. The maximum atomic E-state index is 13.6. The number of nitro groups is 1. The lowest BCUT2D eigenvalue weighted by atomic mass is 10.2. The van der Waals surface area contributed by atoms with E-state index in [-0.39, 0.29) is 11.6 Å². The van der Waals surface area contributed by atoms with E-state index in [2.05, 4.69) is 20.3 Å². The minimum atomic E-state index is -0.654. The molecule has 1 N–H and O–H groups in total. The number of benzene rings is 1. The summed E-state index contributed by atoms with van der Waals surface area (Å²) in [5.41, 5.74) is 1.01. The molecule has 0 aliphatic heterocycles. The highest BCUT2D eigenvalue weighted by molar-refractivity contribution is 5.92. The van der Waals surface area contributed by atoms with Crippen molar-refractivity contribution in [2.24, 2.45) is 0 Å². The Morgan fingerprint density at radius 3 is 2.77 bits per heavy atom. The normalized spacial score (nSPS) is 10.8. The Balaban J connectivity index is 1.86. The molecule has 0 unspecified atom stereocenters. The maximum absolute atomic E-state index is 13.6. The smallest absolute Gasteiger partial charge is 0.397 e. The van der Waals surface area contributed by atoms with Crippen LogP contribution in [0.4, 0.5) is 21.8 Å². The second-order valence-electron chi connectivity index (χ2n) is 5.32. The predicted octanol–water partition coefficient (Wildman–Crippen LogP) is 4.08. The largest absolute Gasteiger partial charge is 0.433 e. The Morgan fingerprint density at radius 2 is 2.04 bits per heavy atom. The van der Waals surface area contributed by atoms with Gasteiger partial charge in [-0.25, -0.2) is 14.4 Å². The summed E-state index contributed by atoms with van der Waals surface area (Å²) in [6.45, 7) is 0. The van der Waals surface area contributed by atoms with Gasteiger partial charge in [0.05, 0.1) is 23.5 Å². The molecule has 0 fully saturated rings. The van der Waals surface area contributed by atoms with E-state index in [4.69, 9.17) is 4.42 Å². The van der Waals surface area contributed by atoms with E-state index in [1.807, 2.05) is 0 Å². The number of halogens is 1. The van der Waals surface area contributed by atoms with Gasteiger partial charge >= 0.3 is 5.88 Å². The third-order valence-electron chi connectivity index (χ3n) is 3.58. The number of pyridine rings is 1. The van der Waals surface area contributed by atoms with E-state index >= 15 is 0 Å². The first-order valence-electron chi connectivity index (χ1n) is 7.49. The fourth-order valence-electron chi connectivity index (χ4n) is 2.43. The Labute approximate surface area is 145 Å². The second-order valence-corrected chi connectivity index (χ2v) is 5.32. The number of nitrogens with one attached hydrogen (secondary N) is 1. The van der Waals surface area contributed by atoms with Gasteiger partial charge < -0.3 is 9.73 Å². The molecule has 0 atom stereocenters. The standard InChI is InChI=1S/C17H10FN5O3/c18-10-3-4-12-13(8-10)21-17(14-5-6-15(26-14)23(24)25)22-16(12)20-11-2-1-7-19-9-11/h1-9H,(H,20,21,22). The lowest BCUT2D eigenvalue weighted by molar-refractivity contribution is -0.401. The highest BCUT2D eigenvalue weighted by atomic mass is 19.1. The summed E-state index contributed by atoms with van der Waals surface area (Å²) in [4.78, 5) is 22.8. The third-order valence-corrected chi connectivity index (χ3v) is 3.58. The van der Waals surface area contributed by atoms with E-state index in [1.54, 1.807) is 30.6 Å². The highest BCUT2D eigenvalue weighted by Crippen LogP contribution is 2.29. The van der Waals surface area contributed by atoms with Gasteiger partial charge in [-0.1, -0.05) is 0 Å². The van der Waals surface area contributed by atoms with Gasteiger partial charge in [-0.15, -0.1) is 0 Å². The molecule has 0 saturated carbocycles. The average Bonchev–Trinajstić information content (AvgIpc) is 3.12. The zero-order valence-electron chi connectivity index (χ0n) is 13.1. The molecule has 26 heavy (non-hydrogen) atoms. The van der Waals surface area contributed by atoms with Crippen LogP contribution in [-0.4, -0.2) is 19.9 Å². The Morgan fingerprint density at radius 1 is 1.15 bits per heavy atom. The van der Waals surface area contributed by atoms with Crippen LogP contribution in [0.25, 0.3) is 22.5 Å². The summed E-state index contributed by atoms with van der Waals surface area (Å²) in [5.74, 6) is -0.277. The van der Waals surface area contributed by atoms with Crippen LogP contribution in [0.15, 0.2) is 59.3 Å². The van der Waals surface area contributed by atoms with Crippen LogP contribution in [-0.2, 0) is 0 Å². The molecule has 3 heterocycles. The summed E-state index contributed by atoms with van der Waals surface area (Å²) in [7, 11) is 0. The van der Waals surface area contributed by atoms with Gasteiger partial charge in [0.2, 0.25) is 0 Å². The first-order chi connectivity index (χ1) is 12.6. The van der Waals surface area contributed by atoms with Crippen LogP contribution in [0.3, 0.4) is 0 Å². The number of rotatable bonds is 4. The van der Waals surface area contributed by atoms with Crippen LogP contribution >= 0.6 is 0 Å². The summed E-state index contributed by atoms with van der Waals surface area (Å²) in [6, 6.07) is 10.3.